The summed E-state index contributed by atoms with van der Waals surface area (Å²) in [5.41, 5.74) is 4.44. The third-order valence-electron chi connectivity index (χ3n) is 4.30. The predicted molar refractivity (Wildman–Crippen MR) is 97.9 cm³/mol. The minimum atomic E-state index is -4.33. The number of alkyl halides is 3. The van der Waals surface area contributed by atoms with Crippen LogP contribution in [0.2, 0.25) is 0 Å². The first-order valence-corrected chi connectivity index (χ1v) is 8.70. The molecule has 0 spiro atoms. The number of benzene rings is 1. The highest BCUT2D eigenvalue weighted by Crippen LogP contribution is 2.23. The Morgan fingerprint density at radius 2 is 1.71 bits per heavy atom. The van der Waals surface area contributed by atoms with Gasteiger partial charge in [0.2, 0.25) is 5.91 Å². The molecule has 2 amide bonds. The molecule has 10 heteroatoms. The second-order valence-electron chi connectivity index (χ2n) is 7.63. The molecule has 3 N–H and O–H groups in total. The SMILES string of the molecule is CC(C)(C)[C@H](NC(=O)n1c(=O)n(CCCC(F)(F)F)c2ccccc21)C(N)=O. The number of fused-ring (bicyclic) bond motifs is 1. The molecule has 0 saturated carbocycles. The zero-order valence-corrected chi connectivity index (χ0v) is 15.8. The maximum Gasteiger partial charge on any atom is 0.389 e. The molecule has 154 valence electrons. The number of nitrogens with one attached hydrogen (secondary N) is 1. The van der Waals surface area contributed by atoms with Crippen LogP contribution in [0.25, 0.3) is 11.0 Å². The number of nitrogens with zero attached hydrogens (tertiary/aromatic N) is 2. The Balaban J connectivity index is 2.42. The normalized spacial score (nSPS) is 13.5. The van der Waals surface area contributed by atoms with Crippen molar-refractivity contribution in [3.63, 3.8) is 0 Å². The lowest BCUT2D eigenvalue weighted by Gasteiger charge is -2.28. The van der Waals surface area contributed by atoms with E-state index in [0.717, 1.165) is 9.13 Å². The summed E-state index contributed by atoms with van der Waals surface area (Å²) in [6.45, 7) is 4.90. The van der Waals surface area contributed by atoms with Crippen molar-refractivity contribution < 1.29 is 22.8 Å². The molecule has 1 atom stereocenters. The first kappa shape index (κ1) is 21.5. The number of para-hydroxylation sites is 2. The Bertz CT molecular complexity index is 938. The number of rotatable bonds is 5. The van der Waals surface area contributed by atoms with Gasteiger partial charge in [-0.05, 0) is 24.0 Å². The van der Waals surface area contributed by atoms with E-state index in [-0.39, 0.29) is 18.5 Å². The number of primary amides is 1. The van der Waals surface area contributed by atoms with E-state index in [2.05, 4.69) is 5.32 Å². The zero-order chi connectivity index (χ0) is 21.3. The van der Waals surface area contributed by atoms with Crippen LogP contribution in [-0.4, -0.2) is 33.3 Å². The average Bonchev–Trinajstić information content (AvgIpc) is 2.82. The highest BCUT2D eigenvalue weighted by molar-refractivity contribution is 5.92. The molecule has 2 rings (SSSR count). The number of aromatic nitrogens is 2. The first-order chi connectivity index (χ1) is 12.8. The topological polar surface area (TPSA) is 99.1 Å². The lowest BCUT2D eigenvalue weighted by Crippen LogP contribution is -2.54. The Morgan fingerprint density at radius 1 is 1.14 bits per heavy atom. The van der Waals surface area contributed by atoms with Crippen LogP contribution >= 0.6 is 0 Å². The van der Waals surface area contributed by atoms with E-state index < -0.39 is 41.7 Å². The summed E-state index contributed by atoms with van der Waals surface area (Å²) in [5, 5.41) is 2.46. The summed E-state index contributed by atoms with van der Waals surface area (Å²) in [6, 6.07) is 4.36. The molecule has 0 aliphatic rings. The van der Waals surface area contributed by atoms with Gasteiger partial charge in [0.25, 0.3) is 0 Å². The molecular formula is C18H23F3N4O3. The lowest BCUT2D eigenvalue weighted by molar-refractivity contribution is -0.135. The van der Waals surface area contributed by atoms with Crippen molar-refractivity contribution in [2.45, 2.75) is 52.4 Å². The molecular weight excluding hydrogens is 377 g/mol. The Morgan fingerprint density at radius 3 is 2.21 bits per heavy atom. The summed E-state index contributed by atoms with van der Waals surface area (Å²) in [7, 11) is 0. The highest BCUT2D eigenvalue weighted by Gasteiger charge is 2.32. The van der Waals surface area contributed by atoms with E-state index in [9.17, 15) is 27.6 Å². The summed E-state index contributed by atoms with van der Waals surface area (Å²) in [4.78, 5) is 37.2. The second kappa shape index (κ2) is 7.69. The highest BCUT2D eigenvalue weighted by atomic mass is 19.4. The molecule has 0 fully saturated rings. The van der Waals surface area contributed by atoms with E-state index >= 15 is 0 Å². The fourth-order valence-corrected chi connectivity index (χ4v) is 2.96. The van der Waals surface area contributed by atoms with Gasteiger partial charge < -0.3 is 11.1 Å². The van der Waals surface area contributed by atoms with Gasteiger partial charge >= 0.3 is 17.9 Å². The van der Waals surface area contributed by atoms with Crippen LogP contribution in [0.15, 0.2) is 29.1 Å². The quantitative estimate of drug-likeness (QED) is 0.807. The largest absolute Gasteiger partial charge is 0.389 e. The van der Waals surface area contributed by atoms with Crippen LogP contribution < -0.4 is 16.7 Å². The molecule has 28 heavy (non-hydrogen) atoms. The van der Waals surface area contributed by atoms with E-state index in [1.54, 1.807) is 39.0 Å². The van der Waals surface area contributed by atoms with Gasteiger partial charge in [0.15, 0.2) is 0 Å². The number of nitrogens with two attached hydrogens (primary N) is 1. The fraction of sp³-hybridized carbons (Fsp3) is 0.500. The van der Waals surface area contributed by atoms with Crippen molar-refractivity contribution in [1.29, 1.82) is 0 Å². The monoisotopic (exact) mass is 400 g/mol. The van der Waals surface area contributed by atoms with Gasteiger partial charge in [0, 0.05) is 13.0 Å². The van der Waals surface area contributed by atoms with Crippen molar-refractivity contribution in [2.24, 2.45) is 11.1 Å². The van der Waals surface area contributed by atoms with E-state index in [0.29, 0.717) is 5.52 Å². The molecule has 0 aliphatic heterocycles. The molecule has 0 unspecified atom stereocenters. The molecule has 0 bridgehead atoms. The van der Waals surface area contributed by atoms with E-state index in [1.807, 2.05) is 0 Å². The van der Waals surface area contributed by atoms with Crippen molar-refractivity contribution >= 4 is 23.0 Å². The van der Waals surface area contributed by atoms with E-state index in [4.69, 9.17) is 5.73 Å². The van der Waals surface area contributed by atoms with Crippen molar-refractivity contribution in [3.8, 4) is 0 Å². The van der Waals surface area contributed by atoms with Gasteiger partial charge in [-0.15, -0.1) is 0 Å². The zero-order valence-electron chi connectivity index (χ0n) is 15.8. The summed E-state index contributed by atoms with van der Waals surface area (Å²) in [6.07, 6.45) is -5.68. The molecule has 0 radical (unpaired) electrons. The van der Waals surface area contributed by atoms with Crippen LogP contribution in [-0.2, 0) is 11.3 Å². The van der Waals surface area contributed by atoms with Crippen LogP contribution in [0.4, 0.5) is 18.0 Å². The van der Waals surface area contributed by atoms with Gasteiger partial charge in [0.05, 0.1) is 11.0 Å². The lowest BCUT2D eigenvalue weighted by atomic mass is 9.86. The molecule has 7 nitrogen and oxygen atoms in total. The minimum absolute atomic E-state index is 0.197. The predicted octanol–water partition coefficient (Wildman–Crippen LogP) is 2.60. The van der Waals surface area contributed by atoms with Gasteiger partial charge in [-0.25, -0.2) is 14.2 Å². The van der Waals surface area contributed by atoms with Gasteiger partial charge in [-0.3, -0.25) is 9.36 Å². The summed E-state index contributed by atoms with van der Waals surface area (Å²) >= 11 is 0. The van der Waals surface area contributed by atoms with Crippen LogP contribution in [0.3, 0.4) is 0 Å². The Labute approximate surface area is 159 Å². The maximum absolute atomic E-state index is 12.8. The number of hydrogen-bond acceptors (Lipinski definition) is 3. The molecule has 1 aromatic heterocycles. The van der Waals surface area contributed by atoms with Crippen LogP contribution in [0.5, 0.6) is 0 Å². The van der Waals surface area contributed by atoms with Gasteiger partial charge in [-0.2, -0.15) is 13.2 Å². The fourth-order valence-electron chi connectivity index (χ4n) is 2.96. The van der Waals surface area contributed by atoms with Crippen molar-refractivity contribution in [1.82, 2.24) is 14.5 Å². The number of imidazole rings is 1. The molecule has 1 heterocycles. The van der Waals surface area contributed by atoms with E-state index in [1.165, 1.54) is 6.07 Å². The van der Waals surface area contributed by atoms with Crippen molar-refractivity contribution in [3.05, 3.63) is 34.7 Å². The smallest absolute Gasteiger partial charge is 0.368 e. The standard InChI is InChI=1S/C18H23F3N4O3/c1-17(2,3)13(14(22)26)23-15(27)25-12-8-5-4-7-11(12)24(16(25)28)10-6-9-18(19,20)21/h4-5,7-8,13H,6,9-10H2,1-3H3,(H2,22,26)(H,23,27)/t13-/m1/s1. The second-order valence-corrected chi connectivity index (χ2v) is 7.63. The number of halogens is 3. The Kier molecular flexibility index (Phi) is 5.91. The third kappa shape index (κ3) is 4.73. The number of carbonyl (C=O) groups excluding carboxylic acids is 2. The number of carbonyl (C=O) groups is 2. The molecule has 2 aromatic rings. The summed E-state index contributed by atoms with van der Waals surface area (Å²) < 4.78 is 39.2. The van der Waals surface area contributed by atoms with Crippen LogP contribution in [0, 0.1) is 5.41 Å². The van der Waals surface area contributed by atoms with Gasteiger partial charge in [0.1, 0.15) is 6.04 Å². The summed E-state index contributed by atoms with van der Waals surface area (Å²) in [5.74, 6) is -0.761. The average molecular weight is 400 g/mol. The van der Waals surface area contributed by atoms with Crippen LogP contribution in [0.1, 0.15) is 33.6 Å². The maximum atomic E-state index is 12.8. The molecule has 0 saturated heterocycles. The number of amides is 2. The van der Waals surface area contributed by atoms with Crippen molar-refractivity contribution in [2.75, 3.05) is 0 Å². The first-order valence-electron chi connectivity index (χ1n) is 8.70. The Hall–Kier alpha value is -2.78. The molecule has 1 aromatic carbocycles. The number of aryl methyl sites for hydroxylation is 1. The van der Waals surface area contributed by atoms with Gasteiger partial charge in [-0.1, -0.05) is 32.9 Å². The third-order valence-corrected chi connectivity index (χ3v) is 4.30. The molecule has 0 aliphatic carbocycles. The number of hydrogen-bond donors (Lipinski definition) is 2. The minimum Gasteiger partial charge on any atom is -0.368 e.